The van der Waals surface area contributed by atoms with Crippen LogP contribution in [-0.4, -0.2) is 25.2 Å². The molecule has 1 aromatic rings. The quantitative estimate of drug-likeness (QED) is 0.240. The second-order valence-electron chi connectivity index (χ2n) is 4.09. The van der Waals surface area contributed by atoms with Gasteiger partial charge in [-0.1, -0.05) is 24.8 Å². The Morgan fingerprint density at radius 1 is 1.20 bits per heavy atom. The SMILES string of the molecule is C=CC(=O)OCCCCOOC(=O)c1ccccc1C. The van der Waals surface area contributed by atoms with Gasteiger partial charge in [-0.25, -0.2) is 9.59 Å². The Hall–Kier alpha value is -2.14. The van der Waals surface area contributed by atoms with Crippen LogP contribution >= 0.6 is 0 Å². The molecule has 0 aliphatic heterocycles. The van der Waals surface area contributed by atoms with Crippen molar-refractivity contribution in [3.8, 4) is 0 Å². The van der Waals surface area contributed by atoms with E-state index in [1.54, 1.807) is 12.1 Å². The van der Waals surface area contributed by atoms with E-state index >= 15 is 0 Å². The van der Waals surface area contributed by atoms with Gasteiger partial charge in [-0.2, -0.15) is 4.89 Å². The summed E-state index contributed by atoms with van der Waals surface area (Å²) in [5.74, 6) is -0.960. The van der Waals surface area contributed by atoms with Gasteiger partial charge in [0, 0.05) is 6.08 Å². The van der Waals surface area contributed by atoms with Crippen LogP contribution in [0, 0.1) is 6.92 Å². The predicted molar refractivity (Wildman–Crippen MR) is 72.9 cm³/mol. The zero-order valence-corrected chi connectivity index (χ0v) is 11.5. The van der Waals surface area contributed by atoms with Crippen LogP contribution in [0.3, 0.4) is 0 Å². The average molecular weight is 278 g/mol. The van der Waals surface area contributed by atoms with Crippen LogP contribution in [0.25, 0.3) is 0 Å². The molecule has 0 N–H and O–H groups in total. The Kier molecular flexibility index (Phi) is 7.06. The zero-order valence-electron chi connectivity index (χ0n) is 11.5. The first-order valence-corrected chi connectivity index (χ1v) is 6.33. The molecular weight excluding hydrogens is 260 g/mol. The highest BCUT2D eigenvalue weighted by atomic mass is 17.2. The maximum Gasteiger partial charge on any atom is 0.373 e. The molecule has 0 saturated heterocycles. The molecule has 1 aromatic carbocycles. The summed E-state index contributed by atoms with van der Waals surface area (Å²) in [6.45, 7) is 5.66. The molecule has 0 amide bonds. The van der Waals surface area contributed by atoms with E-state index in [1.807, 2.05) is 19.1 Å². The highest BCUT2D eigenvalue weighted by Gasteiger charge is 2.10. The fourth-order valence-electron chi connectivity index (χ4n) is 1.44. The monoisotopic (exact) mass is 278 g/mol. The second kappa shape index (κ2) is 8.87. The summed E-state index contributed by atoms with van der Waals surface area (Å²) < 4.78 is 4.78. The fraction of sp³-hybridized carbons (Fsp3) is 0.333. The molecule has 0 bridgehead atoms. The van der Waals surface area contributed by atoms with E-state index in [0.717, 1.165) is 11.6 Å². The third-order valence-corrected chi connectivity index (χ3v) is 2.53. The molecule has 0 aliphatic carbocycles. The minimum absolute atomic E-state index is 0.253. The zero-order chi connectivity index (χ0) is 14.8. The molecule has 0 heterocycles. The van der Waals surface area contributed by atoms with Gasteiger partial charge in [-0.05, 0) is 31.4 Å². The van der Waals surface area contributed by atoms with Gasteiger partial charge in [0.15, 0.2) is 0 Å². The van der Waals surface area contributed by atoms with Crippen LogP contribution in [-0.2, 0) is 19.3 Å². The van der Waals surface area contributed by atoms with E-state index in [-0.39, 0.29) is 6.61 Å². The van der Waals surface area contributed by atoms with Gasteiger partial charge in [0.2, 0.25) is 0 Å². The molecule has 0 saturated carbocycles. The summed E-state index contributed by atoms with van der Waals surface area (Å²) in [6, 6.07) is 7.11. The van der Waals surface area contributed by atoms with Crippen molar-refractivity contribution in [2.24, 2.45) is 0 Å². The first-order chi connectivity index (χ1) is 9.65. The molecule has 0 unspecified atom stereocenters. The van der Waals surface area contributed by atoms with Gasteiger partial charge < -0.3 is 4.74 Å². The minimum atomic E-state index is -0.513. The summed E-state index contributed by atoms with van der Waals surface area (Å²) in [5, 5.41) is 0. The molecule has 108 valence electrons. The number of hydrogen-bond donors (Lipinski definition) is 0. The number of aryl methyl sites for hydroxylation is 1. The van der Waals surface area contributed by atoms with Crippen molar-refractivity contribution in [2.45, 2.75) is 19.8 Å². The third-order valence-electron chi connectivity index (χ3n) is 2.53. The lowest BCUT2D eigenvalue weighted by molar-refractivity contribution is -0.241. The Morgan fingerprint density at radius 3 is 2.60 bits per heavy atom. The van der Waals surface area contributed by atoms with Crippen LogP contribution in [0.1, 0.15) is 28.8 Å². The van der Waals surface area contributed by atoms with Gasteiger partial charge in [-0.15, -0.1) is 0 Å². The lowest BCUT2D eigenvalue weighted by atomic mass is 10.1. The van der Waals surface area contributed by atoms with E-state index in [2.05, 4.69) is 6.58 Å². The van der Waals surface area contributed by atoms with E-state index in [0.29, 0.717) is 25.0 Å². The smallest absolute Gasteiger partial charge is 0.373 e. The first kappa shape index (κ1) is 15.9. The second-order valence-corrected chi connectivity index (χ2v) is 4.09. The Balaban J connectivity index is 2.13. The molecule has 20 heavy (non-hydrogen) atoms. The van der Waals surface area contributed by atoms with Gasteiger partial charge in [-0.3, -0.25) is 4.89 Å². The molecule has 0 fully saturated rings. The van der Waals surface area contributed by atoms with Crippen molar-refractivity contribution in [3.05, 3.63) is 48.0 Å². The highest BCUT2D eigenvalue weighted by Crippen LogP contribution is 2.08. The van der Waals surface area contributed by atoms with Crippen molar-refractivity contribution < 1.29 is 24.1 Å². The van der Waals surface area contributed by atoms with Crippen molar-refractivity contribution in [3.63, 3.8) is 0 Å². The van der Waals surface area contributed by atoms with Crippen molar-refractivity contribution in [1.82, 2.24) is 0 Å². The maximum atomic E-state index is 11.7. The van der Waals surface area contributed by atoms with E-state index in [4.69, 9.17) is 14.5 Å². The lowest BCUT2D eigenvalue weighted by Crippen LogP contribution is -2.09. The average Bonchev–Trinajstić information content (AvgIpc) is 2.46. The van der Waals surface area contributed by atoms with Crippen LogP contribution < -0.4 is 0 Å². The number of hydrogen-bond acceptors (Lipinski definition) is 5. The summed E-state index contributed by atoms with van der Waals surface area (Å²) in [4.78, 5) is 31.9. The summed E-state index contributed by atoms with van der Waals surface area (Å²) in [6.07, 6.45) is 2.35. The summed E-state index contributed by atoms with van der Waals surface area (Å²) >= 11 is 0. The Labute approximate surface area is 118 Å². The molecule has 0 atom stereocenters. The number of benzene rings is 1. The van der Waals surface area contributed by atoms with Crippen LogP contribution in [0.15, 0.2) is 36.9 Å². The molecule has 5 nitrogen and oxygen atoms in total. The first-order valence-electron chi connectivity index (χ1n) is 6.33. The van der Waals surface area contributed by atoms with Crippen molar-refractivity contribution in [2.75, 3.05) is 13.2 Å². The van der Waals surface area contributed by atoms with E-state index < -0.39 is 11.9 Å². The third kappa shape index (κ3) is 5.67. The van der Waals surface area contributed by atoms with Crippen LogP contribution in [0.2, 0.25) is 0 Å². The normalized spacial score (nSPS) is 9.85. The summed E-state index contributed by atoms with van der Waals surface area (Å²) in [7, 11) is 0. The molecule has 0 radical (unpaired) electrons. The number of carbonyl (C=O) groups is 2. The Morgan fingerprint density at radius 2 is 1.90 bits per heavy atom. The van der Waals surface area contributed by atoms with Crippen LogP contribution in [0.5, 0.6) is 0 Å². The number of unbranched alkanes of at least 4 members (excludes halogenated alkanes) is 1. The topological polar surface area (TPSA) is 61.8 Å². The molecule has 1 rings (SSSR count). The Bertz CT molecular complexity index is 467. The fourth-order valence-corrected chi connectivity index (χ4v) is 1.44. The summed E-state index contributed by atoms with van der Waals surface area (Å²) in [5.41, 5.74) is 1.31. The highest BCUT2D eigenvalue weighted by molar-refractivity contribution is 5.90. The number of carbonyl (C=O) groups excluding carboxylic acids is 2. The molecule has 0 aromatic heterocycles. The molecule has 0 aliphatic rings. The molecule has 5 heteroatoms. The van der Waals surface area contributed by atoms with Crippen LogP contribution in [0.4, 0.5) is 0 Å². The molecular formula is C15H18O5. The number of rotatable bonds is 8. The van der Waals surface area contributed by atoms with Crippen molar-refractivity contribution >= 4 is 11.9 Å². The largest absolute Gasteiger partial charge is 0.463 e. The molecule has 0 spiro atoms. The lowest BCUT2D eigenvalue weighted by Gasteiger charge is -2.05. The number of esters is 1. The van der Waals surface area contributed by atoms with E-state index in [9.17, 15) is 9.59 Å². The number of ether oxygens (including phenoxy) is 1. The van der Waals surface area contributed by atoms with Gasteiger partial charge in [0.1, 0.15) is 0 Å². The van der Waals surface area contributed by atoms with Gasteiger partial charge in [0.25, 0.3) is 0 Å². The standard InChI is InChI=1S/C15H18O5/c1-3-14(16)18-10-6-7-11-19-20-15(17)13-9-5-4-8-12(13)2/h3-5,8-9H,1,6-7,10-11H2,2H3. The maximum absolute atomic E-state index is 11.7. The van der Waals surface area contributed by atoms with Crippen molar-refractivity contribution in [1.29, 1.82) is 0 Å². The van der Waals surface area contributed by atoms with Gasteiger partial charge >= 0.3 is 11.9 Å². The van der Waals surface area contributed by atoms with Gasteiger partial charge in [0.05, 0.1) is 18.8 Å². The predicted octanol–water partition coefficient (Wildman–Crippen LogP) is 2.59. The van der Waals surface area contributed by atoms with E-state index in [1.165, 1.54) is 0 Å². The minimum Gasteiger partial charge on any atom is -0.463 e.